The van der Waals surface area contributed by atoms with Gasteiger partial charge in [0, 0.05) is 27.9 Å². The molecule has 3 heterocycles. The summed E-state index contributed by atoms with van der Waals surface area (Å²) in [5, 5.41) is 19.9. The number of fused-ring (bicyclic) bond motifs is 4. The van der Waals surface area contributed by atoms with Crippen molar-refractivity contribution in [3.63, 3.8) is 0 Å². The molecule has 0 radical (unpaired) electrons. The van der Waals surface area contributed by atoms with Crippen LogP contribution in [0.3, 0.4) is 0 Å². The number of rotatable bonds is 5. The van der Waals surface area contributed by atoms with Crippen LogP contribution in [0.2, 0.25) is 5.02 Å². The Hall–Kier alpha value is -5.24. The smallest absolute Gasteiger partial charge is 0.411 e. The fourth-order valence-corrected chi connectivity index (χ4v) is 4.36. The minimum Gasteiger partial charge on any atom is -0.453 e. The Labute approximate surface area is 238 Å². The molecule has 2 aromatic carbocycles. The van der Waals surface area contributed by atoms with Crippen molar-refractivity contribution in [2.45, 2.75) is 18.9 Å². The van der Waals surface area contributed by atoms with Gasteiger partial charge in [0.15, 0.2) is 0 Å². The van der Waals surface area contributed by atoms with E-state index in [0.29, 0.717) is 57.6 Å². The van der Waals surface area contributed by atoms with Crippen LogP contribution in [0.4, 0.5) is 21.0 Å². The van der Waals surface area contributed by atoms with Crippen molar-refractivity contribution < 1.29 is 23.9 Å². The first-order valence-corrected chi connectivity index (χ1v) is 12.8. The number of benzene rings is 2. The molecule has 0 fully saturated rings. The second-order valence-corrected chi connectivity index (χ2v) is 9.25. The van der Waals surface area contributed by atoms with E-state index in [-0.39, 0.29) is 12.5 Å². The van der Waals surface area contributed by atoms with E-state index >= 15 is 0 Å². The number of hydrogen-bond donors (Lipinski definition) is 4. The summed E-state index contributed by atoms with van der Waals surface area (Å²) in [6, 6.07) is 9.56. The Morgan fingerprint density at radius 3 is 2.93 bits per heavy atom. The summed E-state index contributed by atoms with van der Waals surface area (Å²) in [5.74, 6) is 0.147. The molecular formula is C26H24ClN9O5. The van der Waals surface area contributed by atoms with E-state index < -0.39 is 18.2 Å². The highest BCUT2D eigenvalue weighted by atomic mass is 35.5. The van der Waals surface area contributed by atoms with Gasteiger partial charge in [-0.2, -0.15) is 4.68 Å². The van der Waals surface area contributed by atoms with Crippen molar-refractivity contribution in [1.29, 1.82) is 0 Å². The monoisotopic (exact) mass is 577 g/mol. The number of cyclic esters (lactones) is 1. The molecule has 41 heavy (non-hydrogen) atoms. The molecule has 2 aromatic heterocycles. The number of amides is 3. The normalized spacial score (nSPS) is 15.1. The summed E-state index contributed by atoms with van der Waals surface area (Å²) in [5.41, 5.74) is 3.24. The number of nitrogens with zero attached hydrogens (tertiary/aromatic N) is 5. The molecule has 0 saturated carbocycles. The van der Waals surface area contributed by atoms with Crippen LogP contribution in [-0.2, 0) is 14.3 Å². The number of hydrogen-bond acceptors (Lipinski definition) is 9. The number of aromatic amines is 1. The van der Waals surface area contributed by atoms with E-state index in [9.17, 15) is 14.4 Å². The first-order valence-electron chi connectivity index (χ1n) is 12.4. The lowest BCUT2D eigenvalue weighted by atomic mass is 10.1. The van der Waals surface area contributed by atoms with Crippen molar-refractivity contribution in [1.82, 2.24) is 35.5 Å². The first-order chi connectivity index (χ1) is 19.9. The second-order valence-electron chi connectivity index (χ2n) is 8.81. The lowest BCUT2D eigenvalue weighted by Gasteiger charge is -2.18. The molecule has 4 N–H and O–H groups in total. The third-order valence-corrected chi connectivity index (χ3v) is 6.33. The average Bonchev–Trinajstić information content (AvgIpc) is 3.66. The maximum atomic E-state index is 13.0. The van der Waals surface area contributed by atoms with Crippen LogP contribution in [0.1, 0.15) is 30.3 Å². The number of imidazole rings is 1. The van der Waals surface area contributed by atoms with Crippen LogP contribution in [0.25, 0.3) is 23.0 Å². The Morgan fingerprint density at radius 2 is 2.12 bits per heavy atom. The number of methoxy groups -OCH3 is 1. The van der Waals surface area contributed by atoms with Crippen LogP contribution in [0.15, 0.2) is 55.0 Å². The zero-order valence-electron chi connectivity index (χ0n) is 21.6. The Kier molecular flexibility index (Phi) is 8.20. The van der Waals surface area contributed by atoms with Gasteiger partial charge in [0.25, 0.3) is 0 Å². The zero-order valence-corrected chi connectivity index (χ0v) is 22.4. The standard InChI is InChI=1S/C26H24ClN9O5/c1-40-25(38)30-17-6-7-18-20(12-17)33-26(39)41-10-2-3-19(24-28-13-21(18)32-24)31-23(37)9-4-15-11-16(27)5-8-22(15)36-14-29-34-35-36/h4-9,11-14,19H,2-3,10H2,1H3,(H,28,32)(H,30,38)(H,31,37)(H,33,39)/t19-/m0/s1. The molecule has 2 bridgehead atoms. The molecular weight excluding hydrogens is 554 g/mol. The summed E-state index contributed by atoms with van der Waals surface area (Å²) in [6.45, 7) is 0.106. The fourth-order valence-electron chi connectivity index (χ4n) is 4.18. The van der Waals surface area contributed by atoms with Gasteiger partial charge in [-0.1, -0.05) is 11.6 Å². The Morgan fingerprint density at radius 1 is 1.24 bits per heavy atom. The predicted molar refractivity (Wildman–Crippen MR) is 148 cm³/mol. The summed E-state index contributed by atoms with van der Waals surface area (Å²) < 4.78 is 11.4. The molecule has 4 aromatic rings. The number of aromatic nitrogens is 6. The Balaban J connectivity index is 1.38. The van der Waals surface area contributed by atoms with E-state index in [4.69, 9.17) is 16.3 Å². The van der Waals surface area contributed by atoms with Crippen molar-refractivity contribution in [3.8, 4) is 16.9 Å². The largest absolute Gasteiger partial charge is 0.453 e. The van der Waals surface area contributed by atoms with Gasteiger partial charge in [0.1, 0.15) is 12.2 Å². The van der Waals surface area contributed by atoms with Crippen LogP contribution >= 0.6 is 11.6 Å². The van der Waals surface area contributed by atoms with Gasteiger partial charge >= 0.3 is 12.2 Å². The van der Waals surface area contributed by atoms with Crippen molar-refractivity contribution in [3.05, 3.63) is 71.4 Å². The first kappa shape index (κ1) is 27.3. The van der Waals surface area contributed by atoms with Gasteiger partial charge in [-0.05, 0) is 65.7 Å². The van der Waals surface area contributed by atoms with E-state index in [1.165, 1.54) is 24.2 Å². The number of halogens is 1. The van der Waals surface area contributed by atoms with Crippen LogP contribution in [0.5, 0.6) is 0 Å². The quantitative estimate of drug-likeness (QED) is 0.254. The Bertz CT molecular complexity index is 1600. The lowest BCUT2D eigenvalue weighted by Crippen LogP contribution is -2.28. The van der Waals surface area contributed by atoms with Gasteiger partial charge in [0.2, 0.25) is 5.91 Å². The summed E-state index contributed by atoms with van der Waals surface area (Å²) in [4.78, 5) is 44.8. The van der Waals surface area contributed by atoms with E-state index in [1.807, 2.05) is 0 Å². The van der Waals surface area contributed by atoms with Crippen LogP contribution in [0, 0.1) is 0 Å². The number of anilines is 2. The number of carbonyl (C=O) groups excluding carboxylic acids is 3. The molecule has 3 amide bonds. The molecule has 0 spiro atoms. The minimum atomic E-state index is -0.662. The summed E-state index contributed by atoms with van der Waals surface area (Å²) in [6.07, 6.45) is 5.63. The maximum absolute atomic E-state index is 13.0. The highest BCUT2D eigenvalue weighted by Crippen LogP contribution is 2.32. The third kappa shape index (κ3) is 6.67. The fraction of sp³-hybridized carbons (Fsp3) is 0.192. The molecule has 210 valence electrons. The number of nitrogens with one attached hydrogen (secondary N) is 4. The van der Waals surface area contributed by atoms with Gasteiger partial charge in [0.05, 0.1) is 43.0 Å². The number of H-pyrrole nitrogens is 1. The highest BCUT2D eigenvalue weighted by Gasteiger charge is 2.21. The van der Waals surface area contributed by atoms with Gasteiger partial charge in [-0.15, -0.1) is 5.10 Å². The van der Waals surface area contributed by atoms with Crippen molar-refractivity contribution >= 4 is 47.1 Å². The molecule has 14 nitrogen and oxygen atoms in total. The van der Waals surface area contributed by atoms with Crippen LogP contribution < -0.4 is 16.0 Å². The van der Waals surface area contributed by atoms with Gasteiger partial charge in [-0.25, -0.2) is 14.6 Å². The maximum Gasteiger partial charge on any atom is 0.411 e. The second kappa shape index (κ2) is 12.3. The molecule has 1 atom stereocenters. The van der Waals surface area contributed by atoms with E-state index in [1.54, 1.807) is 48.7 Å². The summed E-state index contributed by atoms with van der Waals surface area (Å²) in [7, 11) is 1.25. The molecule has 1 aliphatic heterocycles. The molecule has 1 aliphatic rings. The molecule has 5 rings (SSSR count). The summed E-state index contributed by atoms with van der Waals surface area (Å²) >= 11 is 6.17. The average molecular weight is 578 g/mol. The van der Waals surface area contributed by atoms with E-state index in [2.05, 4.69) is 46.2 Å². The molecule has 15 heteroatoms. The number of ether oxygens (including phenoxy) is 2. The van der Waals surface area contributed by atoms with Gasteiger partial charge in [-0.3, -0.25) is 15.4 Å². The number of tetrazole rings is 1. The SMILES string of the molecule is COC(=O)Nc1ccc2c(c1)NC(=O)OCCC[C@H](NC(=O)C=Cc1cc(Cl)ccc1-n1cnnn1)c1ncc-2[nH]1. The topological polar surface area (TPSA) is 178 Å². The molecule has 0 aliphatic carbocycles. The third-order valence-electron chi connectivity index (χ3n) is 6.09. The zero-order chi connectivity index (χ0) is 28.8. The predicted octanol–water partition coefficient (Wildman–Crippen LogP) is 4.10. The van der Waals surface area contributed by atoms with Crippen molar-refractivity contribution in [2.24, 2.45) is 0 Å². The highest BCUT2D eigenvalue weighted by molar-refractivity contribution is 6.30. The lowest BCUT2D eigenvalue weighted by molar-refractivity contribution is -0.117. The molecule has 0 saturated heterocycles. The van der Waals surface area contributed by atoms with Gasteiger partial charge < -0.3 is 19.8 Å². The number of carbonyl (C=O) groups is 3. The van der Waals surface area contributed by atoms with Crippen LogP contribution in [-0.4, -0.2) is 62.0 Å². The van der Waals surface area contributed by atoms with Crippen molar-refractivity contribution in [2.75, 3.05) is 24.4 Å². The minimum absolute atomic E-state index is 0.106. The van der Waals surface area contributed by atoms with E-state index in [0.717, 1.165) is 0 Å². The molecule has 0 unspecified atom stereocenters.